The zero-order valence-electron chi connectivity index (χ0n) is 17.5. The van der Waals surface area contributed by atoms with Crippen molar-refractivity contribution in [3.05, 3.63) is 107 Å². The van der Waals surface area contributed by atoms with Gasteiger partial charge >= 0.3 is 0 Å². The SMILES string of the molecule is O=C(Nc1ccc(O)c(NS(=O)(=O)c2ccc(F)cc2)c1)c1ccc(-c2ccccc2)c(Cl)c1. The summed E-state index contributed by atoms with van der Waals surface area (Å²) in [5.74, 6) is -1.40. The molecule has 3 N–H and O–H groups in total. The molecule has 6 nitrogen and oxygen atoms in total. The molecule has 0 saturated carbocycles. The first-order valence-electron chi connectivity index (χ1n) is 10.0. The Hall–Kier alpha value is -3.88. The van der Waals surface area contributed by atoms with Gasteiger partial charge in [-0.2, -0.15) is 0 Å². The second-order valence-electron chi connectivity index (χ2n) is 7.31. The maximum Gasteiger partial charge on any atom is 0.262 e. The number of nitrogens with one attached hydrogen (secondary N) is 2. The molecule has 0 fully saturated rings. The summed E-state index contributed by atoms with van der Waals surface area (Å²) in [5.41, 5.74) is 2.07. The van der Waals surface area contributed by atoms with Gasteiger partial charge in [-0.05, 0) is 60.2 Å². The molecule has 0 aromatic heterocycles. The topological polar surface area (TPSA) is 95.5 Å². The fourth-order valence-corrected chi connectivity index (χ4v) is 4.58. The van der Waals surface area contributed by atoms with Crippen molar-refractivity contribution in [3.63, 3.8) is 0 Å². The summed E-state index contributed by atoms with van der Waals surface area (Å²) in [6, 6.07) is 22.6. The summed E-state index contributed by atoms with van der Waals surface area (Å²) >= 11 is 6.38. The summed E-state index contributed by atoms with van der Waals surface area (Å²) < 4.78 is 40.5. The van der Waals surface area contributed by atoms with Gasteiger partial charge in [0.25, 0.3) is 15.9 Å². The maximum atomic E-state index is 13.1. The van der Waals surface area contributed by atoms with Crippen LogP contribution in [0, 0.1) is 5.82 Å². The van der Waals surface area contributed by atoms with Gasteiger partial charge in [-0.3, -0.25) is 9.52 Å². The molecule has 34 heavy (non-hydrogen) atoms. The van der Waals surface area contributed by atoms with Gasteiger partial charge in [-0.25, -0.2) is 12.8 Å². The second-order valence-corrected chi connectivity index (χ2v) is 9.40. The molecule has 0 unspecified atom stereocenters. The zero-order chi connectivity index (χ0) is 24.3. The number of rotatable bonds is 6. The predicted octanol–water partition coefficient (Wildman–Crippen LogP) is 5.90. The molecule has 0 heterocycles. The Bertz CT molecular complexity index is 1460. The number of amides is 1. The van der Waals surface area contributed by atoms with E-state index in [4.69, 9.17) is 11.6 Å². The van der Waals surface area contributed by atoms with E-state index in [9.17, 15) is 22.7 Å². The number of phenols is 1. The molecular weight excluding hydrogens is 479 g/mol. The van der Waals surface area contributed by atoms with Gasteiger partial charge in [-0.15, -0.1) is 0 Å². The van der Waals surface area contributed by atoms with E-state index >= 15 is 0 Å². The van der Waals surface area contributed by atoms with Gasteiger partial charge in [0.05, 0.1) is 10.6 Å². The number of benzene rings is 4. The summed E-state index contributed by atoms with van der Waals surface area (Å²) in [5, 5.41) is 13.2. The molecule has 9 heteroatoms. The Labute approximate surface area is 200 Å². The van der Waals surface area contributed by atoms with Crippen LogP contribution in [0.2, 0.25) is 5.02 Å². The van der Waals surface area contributed by atoms with Crippen LogP contribution in [0.1, 0.15) is 10.4 Å². The van der Waals surface area contributed by atoms with E-state index in [2.05, 4.69) is 10.0 Å². The minimum atomic E-state index is -4.09. The monoisotopic (exact) mass is 496 g/mol. The molecule has 1 amide bonds. The average Bonchev–Trinajstić information content (AvgIpc) is 2.82. The lowest BCUT2D eigenvalue weighted by atomic mass is 10.0. The highest BCUT2D eigenvalue weighted by Crippen LogP contribution is 2.31. The lowest BCUT2D eigenvalue weighted by Gasteiger charge is -2.13. The molecule has 172 valence electrons. The lowest BCUT2D eigenvalue weighted by Crippen LogP contribution is -2.14. The molecule has 0 aliphatic rings. The standard InChI is InChI=1S/C25H18ClFN2O4S/c26-22-14-17(6-12-21(22)16-4-2-1-3-5-16)25(31)28-19-9-13-24(30)23(15-19)29-34(32,33)20-10-7-18(27)8-11-20/h1-15,29-30H,(H,28,31). The molecule has 0 spiro atoms. The van der Waals surface area contributed by atoms with Gasteiger partial charge in [0.1, 0.15) is 11.6 Å². The van der Waals surface area contributed by atoms with Crippen molar-refractivity contribution in [1.82, 2.24) is 0 Å². The number of halogens is 2. The molecule has 0 radical (unpaired) electrons. The Morgan fingerprint density at radius 2 is 1.59 bits per heavy atom. The van der Waals surface area contributed by atoms with Crippen molar-refractivity contribution in [3.8, 4) is 16.9 Å². The van der Waals surface area contributed by atoms with Crippen molar-refractivity contribution in [2.45, 2.75) is 4.90 Å². The van der Waals surface area contributed by atoms with Gasteiger partial charge in [0.2, 0.25) is 0 Å². The van der Waals surface area contributed by atoms with Crippen LogP contribution in [0.5, 0.6) is 5.75 Å². The Balaban J connectivity index is 1.53. The number of sulfonamides is 1. The molecular formula is C25H18ClFN2O4S. The highest BCUT2D eigenvalue weighted by Gasteiger charge is 2.17. The summed E-state index contributed by atoms with van der Waals surface area (Å²) in [4.78, 5) is 12.6. The first-order chi connectivity index (χ1) is 16.2. The predicted molar refractivity (Wildman–Crippen MR) is 130 cm³/mol. The maximum absolute atomic E-state index is 13.1. The summed E-state index contributed by atoms with van der Waals surface area (Å²) in [6.07, 6.45) is 0. The molecule has 4 rings (SSSR count). The third-order valence-corrected chi connectivity index (χ3v) is 6.63. The molecule has 4 aromatic rings. The Morgan fingerprint density at radius 3 is 2.26 bits per heavy atom. The number of carbonyl (C=O) groups excluding carboxylic acids is 1. The van der Waals surface area contributed by atoms with E-state index in [0.29, 0.717) is 10.6 Å². The average molecular weight is 497 g/mol. The first kappa shape index (κ1) is 23.3. The summed E-state index contributed by atoms with van der Waals surface area (Å²) in [7, 11) is -4.09. The van der Waals surface area contributed by atoms with Crippen LogP contribution in [0.15, 0.2) is 95.9 Å². The van der Waals surface area contributed by atoms with Crippen LogP contribution in [0.25, 0.3) is 11.1 Å². The van der Waals surface area contributed by atoms with Crippen molar-refractivity contribution >= 4 is 38.9 Å². The van der Waals surface area contributed by atoms with Crippen molar-refractivity contribution in [1.29, 1.82) is 0 Å². The van der Waals surface area contributed by atoms with E-state index < -0.39 is 21.7 Å². The quantitative estimate of drug-likeness (QED) is 0.228. The van der Waals surface area contributed by atoms with Crippen LogP contribution in [-0.2, 0) is 10.0 Å². The number of hydrogen-bond donors (Lipinski definition) is 3. The minimum absolute atomic E-state index is 0.153. The van der Waals surface area contributed by atoms with Crippen LogP contribution >= 0.6 is 11.6 Å². The van der Waals surface area contributed by atoms with Crippen molar-refractivity contribution in [2.75, 3.05) is 10.0 Å². The smallest absolute Gasteiger partial charge is 0.262 e. The number of aromatic hydroxyl groups is 1. The largest absolute Gasteiger partial charge is 0.506 e. The van der Waals surface area contributed by atoms with Gasteiger partial charge in [-0.1, -0.05) is 48.0 Å². The Morgan fingerprint density at radius 1 is 0.882 bits per heavy atom. The van der Waals surface area contributed by atoms with E-state index in [1.807, 2.05) is 30.3 Å². The van der Waals surface area contributed by atoms with Crippen LogP contribution < -0.4 is 10.0 Å². The fraction of sp³-hybridized carbons (Fsp3) is 0. The molecule has 0 saturated heterocycles. The second kappa shape index (κ2) is 9.54. The van der Waals surface area contributed by atoms with Crippen molar-refractivity contribution in [2.24, 2.45) is 0 Å². The van der Waals surface area contributed by atoms with Gasteiger partial charge in [0, 0.05) is 21.8 Å². The molecule has 0 aliphatic carbocycles. The molecule has 0 aliphatic heterocycles. The van der Waals surface area contributed by atoms with Crippen LogP contribution in [0.4, 0.5) is 15.8 Å². The van der Waals surface area contributed by atoms with Crippen LogP contribution in [0.3, 0.4) is 0 Å². The number of anilines is 2. The normalized spacial score (nSPS) is 11.1. The number of hydrogen-bond acceptors (Lipinski definition) is 4. The number of carbonyl (C=O) groups is 1. The van der Waals surface area contributed by atoms with E-state index in [-0.39, 0.29) is 22.0 Å². The summed E-state index contributed by atoms with van der Waals surface area (Å²) in [6.45, 7) is 0. The molecule has 4 aromatic carbocycles. The third kappa shape index (κ3) is 5.19. The van der Waals surface area contributed by atoms with Gasteiger partial charge < -0.3 is 10.4 Å². The van der Waals surface area contributed by atoms with Crippen LogP contribution in [-0.4, -0.2) is 19.4 Å². The van der Waals surface area contributed by atoms with Crippen molar-refractivity contribution < 1.29 is 22.7 Å². The van der Waals surface area contributed by atoms with E-state index in [0.717, 1.165) is 35.4 Å². The van der Waals surface area contributed by atoms with E-state index in [1.54, 1.807) is 12.1 Å². The minimum Gasteiger partial charge on any atom is -0.506 e. The molecule has 0 bridgehead atoms. The van der Waals surface area contributed by atoms with E-state index in [1.165, 1.54) is 24.3 Å². The lowest BCUT2D eigenvalue weighted by molar-refractivity contribution is 0.102. The van der Waals surface area contributed by atoms with Gasteiger partial charge in [0.15, 0.2) is 0 Å². The Kier molecular flexibility index (Phi) is 6.54. The fourth-order valence-electron chi connectivity index (χ4n) is 3.22. The number of phenolic OH excluding ortho intramolecular Hbond substituents is 1. The highest BCUT2D eigenvalue weighted by molar-refractivity contribution is 7.92. The molecule has 0 atom stereocenters. The highest BCUT2D eigenvalue weighted by atomic mass is 35.5. The third-order valence-electron chi connectivity index (χ3n) is 4.94. The first-order valence-corrected chi connectivity index (χ1v) is 11.9. The zero-order valence-corrected chi connectivity index (χ0v) is 19.1.